The van der Waals surface area contributed by atoms with E-state index in [1.54, 1.807) is 6.20 Å². The number of carbonyl (C=O) groups is 1. The van der Waals surface area contributed by atoms with Crippen molar-refractivity contribution in [2.45, 2.75) is 13.8 Å². The minimum atomic E-state index is -0.135. The SMILES string of the molecule is Cc1cc(Nc2ccc(NC(=O)c3ccccc3C)cn2)ccc1Br. The van der Waals surface area contributed by atoms with Crippen LogP contribution in [-0.4, -0.2) is 10.9 Å². The summed E-state index contributed by atoms with van der Waals surface area (Å²) >= 11 is 3.49. The lowest BCUT2D eigenvalue weighted by atomic mass is 10.1. The van der Waals surface area contributed by atoms with Crippen LogP contribution in [0.3, 0.4) is 0 Å². The van der Waals surface area contributed by atoms with E-state index < -0.39 is 0 Å². The summed E-state index contributed by atoms with van der Waals surface area (Å²) in [4.78, 5) is 16.7. The van der Waals surface area contributed by atoms with E-state index in [9.17, 15) is 4.79 Å². The zero-order valence-electron chi connectivity index (χ0n) is 14.0. The van der Waals surface area contributed by atoms with E-state index in [0.29, 0.717) is 11.3 Å². The highest BCUT2D eigenvalue weighted by Crippen LogP contribution is 2.23. The fraction of sp³-hybridized carbons (Fsp3) is 0.100. The summed E-state index contributed by atoms with van der Waals surface area (Å²) in [5.74, 6) is 0.583. The van der Waals surface area contributed by atoms with Crippen LogP contribution >= 0.6 is 15.9 Å². The minimum absolute atomic E-state index is 0.135. The van der Waals surface area contributed by atoms with E-state index >= 15 is 0 Å². The number of aryl methyl sites for hydroxylation is 2. The molecule has 2 aromatic carbocycles. The van der Waals surface area contributed by atoms with E-state index in [-0.39, 0.29) is 5.91 Å². The van der Waals surface area contributed by atoms with Crippen LogP contribution in [0.2, 0.25) is 0 Å². The lowest BCUT2D eigenvalue weighted by Crippen LogP contribution is -2.13. The van der Waals surface area contributed by atoms with Gasteiger partial charge in [0.05, 0.1) is 11.9 Å². The quantitative estimate of drug-likeness (QED) is 0.616. The lowest BCUT2D eigenvalue weighted by Gasteiger charge is -2.10. The van der Waals surface area contributed by atoms with Gasteiger partial charge in [0, 0.05) is 15.7 Å². The molecule has 0 aliphatic heterocycles. The predicted octanol–water partition coefficient (Wildman–Crippen LogP) is 5.46. The Morgan fingerprint density at radius 3 is 2.40 bits per heavy atom. The molecular weight excluding hydrogens is 378 g/mol. The van der Waals surface area contributed by atoms with Crippen molar-refractivity contribution in [3.63, 3.8) is 0 Å². The van der Waals surface area contributed by atoms with Crippen LogP contribution in [0, 0.1) is 13.8 Å². The van der Waals surface area contributed by atoms with E-state index in [4.69, 9.17) is 0 Å². The first-order chi connectivity index (χ1) is 12.0. The van der Waals surface area contributed by atoms with Gasteiger partial charge in [-0.2, -0.15) is 0 Å². The van der Waals surface area contributed by atoms with Gasteiger partial charge >= 0.3 is 0 Å². The summed E-state index contributed by atoms with van der Waals surface area (Å²) < 4.78 is 1.07. The normalized spacial score (nSPS) is 10.4. The van der Waals surface area contributed by atoms with Crippen LogP contribution in [0.1, 0.15) is 21.5 Å². The number of hydrogen-bond acceptors (Lipinski definition) is 3. The molecule has 0 unspecified atom stereocenters. The van der Waals surface area contributed by atoms with E-state index in [1.165, 1.54) is 0 Å². The van der Waals surface area contributed by atoms with Crippen LogP contribution in [0.4, 0.5) is 17.2 Å². The number of benzene rings is 2. The highest BCUT2D eigenvalue weighted by molar-refractivity contribution is 9.10. The Bertz CT molecular complexity index is 907. The average Bonchev–Trinajstić information content (AvgIpc) is 2.60. The summed E-state index contributed by atoms with van der Waals surface area (Å²) in [6.45, 7) is 3.95. The zero-order valence-corrected chi connectivity index (χ0v) is 15.6. The summed E-state index contributed by atoms with van der Waals surface area (Å²) in [5.41, 5.74) is 4.37. The van der Waals surface area contributed by atoms with Gasteiger partial charge in [0.25, 0.3) is 5.91 Å². The molecule has 0 saturated carbocycles. The van der Waals surface area contributed by atoms with Crippen LogP contribution in [0.25, 0.3) is 0 Å². The van der Waals surface area contributed by atoms with E-state index in [1.807, 2.05) is 68.4 Å². The van der Waals surface area contributed by atoms with Gasteiger partial charge in [0.1, 0.15) is 5.82 Å². The molecule has 1 heterocycles. The number of aromatic nitrogens is 1. The molecule has 5 heteroatoms. The molecule has 0 bridgehead atoms. The van der Waals surface area contributed by atoms with E-state index in [2.05, 4.69) is 31.5 Å². The lowest BCUT2D eigenvalue weighted by molar-refractivity contribution is 0.102. The van der Waals surface area contributed by atoms with Crippen molar-refractivity contribution in [2.24, 2.45) is 0 Å². The van der Waals surface area contributed by atoms with Gasteiger partial charge in [0.15, 0.2) is 0 Å². The average molecular weight is 396 g/mol. The Balaban J connectivity index is 1.69. The molecule has 1 aromatic heterocycles. The maximum absolute atomic E-state index is 12.3. The Morgan fingerprint density at radius 1 is 0.960 bits per heavy atom. The first kappa shape index (κ1) is 17.2. The van der Waals surface area contributed by atoms with Crippen LogP contribution in [0.15, 0.2) is 65.3 Å². The minimum Gasteiger partial charge on any atom is -0.340 e. The van der Waals surface area contributed by atoms with Crippen molar-refractivity contribution in [3.05, 3.63) is 82.0 Å². The largest absolute Gasteiger partial charge is 0.340 e. The number of amides is 1. The van der Waals surface area contributed by atoms with Crippen molar-refractivity contribution in [3.8, 4) is 0 Å². The summed E-state index contributed by atoms with van der Waals surface area (Å²) in [6, 6.07) is 17.2. The Labute approximate surface area is 155 Å². The predicted molar refractivity (Wildman–Crippen MR) is 106 cm³/mol. The number of nitrogens with zero attached hydrogens (tertiary/aromatic N) is 1. The summed E-state index contributed by atoms with van der Waals surface area (Å²) in [6.07, 6.45) is 1.64. The van der Waals surface area contributed by atoms with Crippen molar-refractivity contribution >= 4 is 39.0 Å². The molecule has 2 N–H and O–H groups in total. The van der Waals surface area contributed by atoms with Crippen molar-refractivity contribution < 1.29 is 4.79 Å². The zero-order chi connectivity index (χ0) is 17.8. The molecule has 0 aliphatic carbocycles. The maximum atomic E-state index is 12.3. The second kappa shape index (κ2) is 7.49. The maximum Gasteiger partial charge on any atom is 0.255 e. The number of nitrogens with one attached hydrogen (secondary N) is 2. The molecular formula is C20H18BrN3O. The standard InChI is InChI=1S/C20H18BrN3O/c1-13-5-3-4-6-17(13)20(25)24-16-8-10-19(22-12-16)23-15-7-9-18(21)14(2)11-15/h3-12H,1-2H3,(H,22,23)(H,24,25). The van der Waals surface area contributed by atoms with Crippen molar-refractivity contribution in [1.29, 1.82) is 0 Å². The fourth-order valence-electron chi connectivity index (χ4n) is 2.44. The molecule has 25 heavy (non-hydrogen) atoms. The number of pyridine rings is 1. The second-order valence-corrected chi connectivity index (χ2v) is 6.64. The monoisotopic (exact) mass is 395 g/mol. The van der Waals surface area contributed by atoms with Gasteiger partial charge in [-0.25, -0.2) is 4.98 Å². The number of carbonyl (C=O) groups excluding carboxylic acids is 1. The molecule has 0 atom stereocenters. The topological polar surface area (TPSA) is 54.0 Å². The number of halogens is 1. The third kappa shape index (κ3) is 4.25. The highest BCUT2D eigenvalue weighted by Gasteiger charge is 2.08. The van der Waals surface area contributed by atoms with Gasteiger partial charge in [-0.1, -0.05) is 34.1 Å². The van der Waals surface area contributed by atoms with Crippen molar-refractivity contribution in [1.82, 2.24) is 4.98 Å². The number of rotatable bonds is 4. The summed E-state index contributed by atoms with van der Waals surface area (Å²) in [7, 11) is 0. The smallest absolute Gasteiger partial charge is 0.255 e. The molecule has 0 spiro atoms. The van der Waals surface area contributed by atoms with Gasteiger partial charge in [-0.05, 0) is 61.4 Å². The molecule has 0 fully saturated rings. The molecule has 1 amide bonds. The Kier molecular flexibility index (Phi) is 5.14. The van der Waals surface area contributed by atoms with Crippen LogP contribution in [0.5, 0.6) is 0 Å². The summed E-state index contributed by atoms with van der Waals surface area (Å²) in [5, 5.41) is 6.12. The molecule has 0 saturated heterocycles. The molecule has 126 valence electrons. The molecule has 4 nitrogen and oxygen atoms in total. The third-order valence-corrected chi connectivity index (χ3v) is 4.73. The first-order valence-electron chi connectivity index (χ1n) is 7.89. The van der Waals surface area contributed by atoms with Crippen LogP contribution in [-0.2, 0) is 0 Å². The molecule has 0 aliphatic rings. The fourth-order valence-corrected chi connectivity index (χ4v) is 2.68. The van der Waals surface area contributed by atoms with Gasteiger partial charge in [0.2, 0.25) is 0 Å². The van der Waals surface area contributed by atoms with Crippen molar-refractivity contribution in [2.75, 3.05) is 10.6 Å². The molecule has 3 aromatic rings. The highest BCUT2D eigenvalue weighted by atomic mass is 79.9. The Hall–Kier alpha value is -2.66. The Morgan fingerprint density at radius 2 is 1.72 bits per heavy atom. The number of anilines is 3. The first-order valence-corrected chi connectivity index (χ1v) is 8.68. The molecule has 3 rings (SSSR count). The second-order valence-electron chi connectivity index (χ2n) is 5.79. The number of hydrogen-bond donors (Lipinski definition) is 2. The third-order valence-electron chi connectivity index (χ3n) is 3.84. The molecule has 0 radical (unpaired) electrons. The van der Waals surface area contributed by atoms with Gasteiger partial charge < -0.3 is 10.6 Å². The van der Waals surface area contributed by atoms with Gasteiger partial charge in [-0.15, -0.1) is 0 Å². The van der Waals surface area contributed by atoms with Crippen LogP contribution < -0.4 is 10.6 Å². The van der Waals surface area contributed by atoms with Gasteiger partial charge in [-0.3, -0.25) is 4.79 Å². The van der Waals surface area contributed by atoms with E-state index in [0.717, 1.165) is 27.1 Å².